The predicted octanol–water partition coefficient (Wildman–Crippen LogP) is 2.93. The highest BCUT2D eigenvalue weighted by Gasteiger charge is 2.16. The van der Waals surface area contributed by atoms with Crippen molar-refractivity contribution in [3.05, 3.63) is 0 Å². The molecule has 0 saturated heterocycles. The van der Waals surface area contributed by atoms with Crippen LogP contribution in [0.1, 0.15) is 52.4 Å². The van der Waals surface area contributed by atoms with Crippen molar-refractivity contribution in [2.45, 2.75) is 58.5 Å². The van der Waals surface area contributed by atoms with E-state index in [0.717, 1.165) is 6.42 Å². The molecule has 3 heteroatoms. The number of esters is 1. The average molecular weight is 216 g/mol. The van der Waals surface area contributed by atoms with E-state index < -0.39 is 0 Å². The van der Waals surface area contributed by atoms with Crippen molar-refractivity contribution in [1.29, 1.82) is 0 Å². The molecule has 1 unspecified atom stereocenters. The van der Waals surface area contributed by atoms with E-state index in [1.807, 2.05) is 6.92 Å². The van der Waals surface area contributed by atoms with Crippen LogP contribution in [-0.2, 0) is 14.3 Å². The van der Waals surface area contributed by atoms with E-state index in [2.05, 4.69) is 11.7 Å². The Balaban J connectivity index is 3.42. The minimum atomic E-state index is -0.374. The third kappa shape index (κ3) is 7.37. The molecule has 3 nitrogen and oxygen atoms in total. The molecule has 15 heavy (non-hydrogen) atoms. The summed E-state index contributed by atoms with van der Waals surface area (Å²) in [6, 6.07) is 0. The molecule has 0 spiro atoms. The number of unbranched alkanes of at least 4 members (excludes halogenated alkanes) is 4. The molecule has 0 rings (SSSR count). The predicted molar refractivity (Wildman–Crippen MR) is 60.8 cm³/mol. The van der Waals surface area contributed by atoms with Crippen LogP contribution in [0.3, 0.4) is 0 Å². The molecule has 1 atom stereocenters. The lowest BCUT2D eigenvalue weighted by atomic mass is 10.2. The van der Waals surface area contributed by atoms with Gasteiger partial charge in [-0.25, -0.2) is 4.79 Å². The van der Waals surface area contributed by atoms with Crippen LogP contribution in [0.4, 0.5) is 0 Å². The molecule has 0 saturated carbocycles. The van der Waals surface area contributed by atoms with Gasteiger partial charge in [-0.3, -0.25) is 0 Å². The molecule has 0 aromatic rings. The lowest BCUT2D eigenvalue weighted by Crippen LogP contribution is -2.25. The van der Waals surface area contributed by atoms with E-state index in [4.69, 9.17) is 4.74 Å². The summed E-state index contributed by atoms with van der Waals surface area (Å²) in [6.45, 7) is 4.79. The third-order valence-corrected chi connectivity index (χ3v) is 2.40. The summed E-state index contributed by atoms with van der Waals surface area (Å²) in [5, 5.41) is 0. The van der Waals surface area contributed by atoms with E-state index in [1.54, 1.807) is 0 Å². The van der Waals surface area contributed by atoms with Crippen LogP contribution in [0.25, 0.3) is 0 Å². The number of carbonyl (C=O) groups excluding carboxylic acids is 1. The molecule has 0 aromatic heterocycles. The van der Waals surface area contributed by atoms with E-state index in [0.29, 0.717) is 13.0 Å². The maximum Gasteiger partial charge on any atom is 0.334 e. The Kier molecular flexibility index (Phi) is 9.59. The van der Waals surface area contributed by atoms with Gasteiger partial charge in [-0.15, -0.1) is 0 Å². The summed E-state index contributed by atoms with van der Waals surface area (Å²) in [7, 11) is 1.40. The van der Waals surface area contributed by atoms with Crippen LogP contribution in [-0.4, -0.2) is 25.8 Å². The molecule has 0 radical (unpaired) electrons. The zero-order valence-corrected chi connectivity index (χ0v) is 10.3. The van der Waals surface area contributed by atoms with Gasteiger partial charge in [0.2, 0.25) is 0 Å². The van der Waals surface area contributed by atoms with Gasteiger partial charge in [0.1, 0.15) is 0 Å². The summed E-state index contributed by atoms with van der Waals surface area (Å²) in [5.41, 5.74) is 0. The number of methoxy groups -OCH3 is 1. The first-order chi connectivity index (χ1) is 7.26. The highest BCUT2D eigenvalue weighted by atomic mass is 16.6. The van der Waals surface area contributed by atoms with Crippen molar-refractivity contribution in [2.24, 2.45) is 0 Å². The second-order valence-corrected chi connectivity index (χ2v) is 3.71. The van der Waals surface area contributed by atoms with E-state index in [1.165, 1.54) is 32.8 Å². The monoisotopic (exact) mass is 216 g/mol. The molecule has 0 bridgehead atoms. The number of ether oxygens (including phenoxy) is 2. The van der Waals surface area contributed by atoms with Crippen LogP contribution in [0.2, 0.25) is 0 Å². The molecule has 0 aliphatic heterocycles. The number of hydrogen-bond donors (Lipinski definition) is 0. The third-order valence-electron chi connectivity index (χ3n) is 2.40. The molecule has 0 fully saturated rings. The van der Waals surface area contributed by atoms with Crippen molar-refractivity contribution in [2.75, 3.05) is 13.7 Å². The fourth-order valence-electron chi connectivity index (χ4n) is 1.42. The van der Waals surface area contributed by atoms with Crippen molar-refractivity contribution in [1.82, 2.24) is 0 Å². The molecule has 0 N–H and O–H groups in total. The van der Waals surface area contributed by atoms with Crippen molar-refractivity contribution >= 4 is 5.97 Å². The fraction of sp³-hybridized carbons (Fsp3) is 0.917. The Bertz CT molecular complexity index is 157. The van der Waals surface area contributed by atoms with Crippen molar-refractivity contribution in [3.63, 3.8) is 0 Å². The van der Waals surface area contributed by atoms with Gasteiger partial charge < -0.3 is 9.47 Å². The number of hydrogen-bond acceptors (Lipinski definition) is 3. The standard InChI is InChI=1S/C12H24O3/c1-4-6-7-8-9-10-15-11(5-2)12(13)14-3/h11H,4-10H2,1-3H3. The quantitative estimate of drug-likeness (QED) is 0.439. The molecule has 0 heterocycles. The molecule has 90 valence electrons. The van der Waals surface area contributed by atoms with Gasteiger partial charge in [-0.1, -0.05) is 39.5 Å². The lowest BCUT2D eigenvalue weighted by Gasteiger charge is -2.13. The molecule has 0 amide bonds. The Labute approximate surface area is 93.1 Å². The van der Waals surface area contributed by atoms with E-state index in [-0.39, 0.29) is 12.1 Å². The first-order valence-electron chi connectivity index (χ1n) is 5.95. The van der Waals surface area contributed by atoms with Gasteiger partial charge in [0.05, 0.1) is 7.11 Å². The second-order valence-electron chi connectivity index (χ2n) is 3.71. The highest BCUT2D eigenvalue weighted by Crippen LogP contribution is 2.05. The van der Waals surface area contributed by atoms with Crippen LogP contribution >= 0.6 is 0 Å². The van der Waals surface area contributed by atoms with Crippen LogP contribution < -0.4 is 0 Å². The van der Waals surface area contributed by atoms with Gasteiger partial charge >= 0.3 is 5.97 Å². The molecule has 0 aromatic carbocycles. The van der Waals surface area contributed by atoms with Gasteiger partial charge in [-0.05, 0) is 12.8 Å². The smallest absolute Gasteiger partial charge is 0.334 e. The van der Waals surface area contributed by atoms with Gasteiger partial charge in [0.15, 0.2) is 6.10 Å². The summed E-state index contributed by atoms with van der Waals surface area (Å²) in [5.74, 6) is -0.258. The maximum absolute atomic E-state index is 11.2. The summed E-state index contributed by atoms with van der Waals surface area (Å²) < 4.78 is 10.1. The Morgan fingerprint density at radius 2 is 1.80 bits per heavy atom. The van der Waals surface area contributed by atoms with E-state index in [9.17, 15) is 4.79 Å². The average Bonchev–Trinajstić information content (AvgIpc) is 2.27. The zero-order valence-electron chi connectivity index (χ0n) is 10.3. The lowest BCUT2D eigenvalue weighted by molar-refractivity contribution is -0.154. The Morgan fingerprint density at radius 3 is 2.33 bits per heavy atom. The maximum atomic E-state index is 11.2. The summed E-state index contributed by atoms with van der Waals surface area (Å²) >= 11 is 0. The number of rotatable bonds is 9. The summed E-state index contributed by atoms with van der Waals surface area (Å²) in [4.78, 5) is 11.2. The molecule has 0 aliphatic carbocycles. The Morgan fingerprint density at radius 1 is 1.13 bits per heavy atom. The topological polar surface area (TPSA) is 35.5 Å². The first kappa shape index (κ1) is 14.4. The van der Waals surface area contributed by atoms with Crippen LogP contribution in [0.5, 0.6) is 0 Å². The van der Waals surface area contributed by atoms with Crippen molar-refractivity contribution < 1.29 is 14.3 Å². The minimum Gasteiger partial charge on any atom is -0.467 e. The van der Waals surface area contributed by atoms with Gasteiger partial charge in [-0.2, -0.15) is 0 Å². The van der Waals surface area contributed by atoms with Crippen LogP contribution in [0.15, 0.2) is 0 Å². The number of carbonyl (C=O) groups is 1. The zero-order chi connectivity index (χ0) is 11.5. The van der Waals surface area contributed by atoms with Crippen molar-refractivity contribution in [3.8, 4) is 0 Å². The fourth-order valence-corrected chi connectivity index (χ4v) is 1.42. The van der Waals surface area contributed by atoms with Crippen LogP contribution in [0, 0.1) is 0 Å². The normalized spacial score (nSPS) is 12.5. The van der Waals surface area contributed by atoms with E-state index >= 15 is 0 Å². The molecular formula is C12H24O3. The van der Waals surface area contributed by atoms with Gasteiger partial charge in [0, 0.05) is 6.61 Å². The molecular weight excluding hydrogens is 192 g/mol. The summed E-state index contributed by atoms with van der Waals surface area (Å²) in [6.07, 6.45) is 6.32. The van der Waals surface area contributed by atoms with Gasteiger partial charge in [0.25, 0.3) is 0 Å². The molecule has 0 aliphatic rings. The SMILES string of the molecule is CCCCCCCOC(CC)C(=O)OC. The minimum absolute atomic E-state index is 0.258. The highest BCUT2D eigenvalue weighted by molar-refractivity contribution is 5.74. The first-order valence-corrected chi connectivity index (χ1v) is 5.95. The Hall–Kier alpha value is -0.570. The largest absolute Gasteiger partial charge is 0.467 e. The second kappa shape index (κ2) is 9.97.